The smallest absolute Gasteiger partial charge is 0.0547 e. The molecule has 2 heteroatoms. The summed E-state index contributed by atoms with van der Waals surface area (Å²) in [6, 6.07) is 80.0. The van der Waals surface area contributed by atoms with Gasteiger partial charge in [0.05, 0.1) is 22.4 Å². The van der Waals surface area contributed by atoms with Crippen LogP contribution in [0.2, 0.25) is 0 Å². The number of benzene rings is 9. The summed E-state index contributed by atoms with van der Waals surface area (Å²) in [5.41, 5.74) is 19.1. The van der Waals surface area contributed by atoms with Crippen LogP contribution in [-0.4, -0.2) is 4.57 Å². The molecule has 1 heterocycles. The molecule has 2 nitrogen and oxygen atoms in total. The molecule has 59 heavy (non-hydrogen) atoms. The summed E-state index contributed by atoms with van der Waals surface area (Å²) in [4.78, 5) is 2.50. The molecular formula is C57H42N2. The van der Waals surface area contributed by atoms with Crippen molar-refractivity contribution < 1.29 is 0 Å². The van der Waals surface area contributed by atoms with Gasteiger partial charge in [-0.3, -0.25) is 0 Å². The van der Waals surface area contributed by atoms with Crippen molar-refractivity contribution in [1.82, 2.24) is 4.57 Å². The summed E-state index contributed by atoms with van der Waals surface area (Å²) in [5, 5.41) is 2.49. The van der Waals surface area contributed by atoms with Gasteiger partial charge in [-0.05, 0) is 93.0 Å². The van der Waals surface area contributed by atoms with E-state index in [1.165, 1.54) is 71.9 Å². The lowest BCUT2D eigenvalue weighted by molar-refractivity contribution is 0.660. The molecule has 0 amide bonds. The zero-order chi connectivity index (χ0) is 39.5. The third kappa shape index (κ3) is 5.63. The van der Waals surface area contributed by atoms with Crippen molar-refractivity contribution in [3.63, 3.8) is 0 Å². The van der Waals surface area contributed by atoms with Crippen molar-refractivity contribution in [3.8, 4) is 50.2 Å². The van der Waals surface area contributed by atoms with E-state index in [4.69, 9.17) is 0 Å². The number of hydrogen-bond donors (Lipinski definition) is 0. The summed E-state index contributed by atoms with van der Waals surface area (Å²) in [5.74, 6) is 0. The van der Waals surface area contributed by atoms with Gasteiger partial charge in [0, 0.05) is 38.7 Å². The van der Waals surface area contributed by atoms with E-state index in [0.29, 0.717) is 0 Å². The van der Waals surface area contributed by atoms with Crippen molar-refractivity contribution in [3.05, 3.63) is 230 Å². The predicted octanol–water partition coefficient (Wildman–Crippen LogP) is 15.6. The Morgan fingerprint density at radius 1 is 0.373 bits per heavy atom. The number of aromatic nitrogens is 1. The molecule has 0 saturated heterocycles. The molecule has 0 radical (unpaired) electrons. The molecule has 1 aliphatic carbocycles. The standard InChI is InChI=1S/C57H42N2/c1-57(2)50-30-13-9-25-45(50)46-36-35-43(38-51(46)57)58(42-24-17-23-41(37-42)39-19-5-3-6-20-39)55-34-18-29-44(40-21-7-4-8-22-40)56(55)49-28-12-16-33-54(49)59-52-31-14-10-26-47(52)48-27-11-15-32-53(48)59/h3-38H,1-2H3. The Bertz CT molecular complexity index is 3140. The quantitative estimate of drug-likeness (QED) is 0.157. The number of para-hydroxylation sites is 3. The van der Waals surface area contributed by atoms with Crippen LogP contribution in [0.1, 0.15) is 25.0 Å². The Kier molecular flexibility index (Phi) is 8.20. The fraction of sp³-hybridized carbons (Fsp3) is 0.0526. The Hall–Kier alpha value is -7.42. The summed E-state index contributed by atoms with van der Waals surface area (Å²) in [6.07, 6.45) is 0. The predicted molar refractivity (Wildman–Crippen MR) is 249 cm³/mol. The molecule has 9 aromatic carbocycles. The first-order valence-corrected chi connectivity index (χ1v) is 20.5. The van der Waals surface area contributed by atoms with E-state index in [9.17, 15) is 0 Å². The normalized spacial score (nSPS) is 12.7. The lowest BCUT2D eigenvalue weighted by atomic mass is 9.82. The number of fused-ring (bicyclic) bond motifs is 6. The lowest BCUT2D eigenvalue weighted by Crippen LogP contribution is -2.17. The molecule has 0 N–H and O–H groups in total. The second-order valence-corrected chi connectivity index (χ2v) is 16.1. The van der Waals surface area contributed by atoms with Crippen molar-refractivity contribution in [2.24, 2.45) is 0 Å². The maximum atomic E-state index is 2.50. The minimum atomic E-state index is -0.155. The van der Waals surface area contributed by atoms with Crippen LogP contribution >= 0.6 is 0 Å². The third-order valence-corrected chi connectivity index (χ3v) is 12.4. The van der Waals surface area contributed by atoms with Gasteiger partial charge in [-0.2, -0.15) is 0 Å². The first-order valence-electron chi connectivity index (χ1n) is 20.5. The largest absolute Gasteiger partial charge is 0.310 e. The lowest BCUT2D eigenvalue weighted by Gasteiger charge is -2.31. The van der Waals surface area contributed by atoms with Crippen LogP contribution in [0.3, 0.4) is 0 Å². The van der Waals surface area contributed by atoms with Crippen LogP contribution in [0.25, 0.3) is 72.0 Å². The van der Waals surface area contributed by atoms with Crippen LogP contribution in [0.5, 0.6) is 0 Å². The van der Waals surface area contributed by atoms with Crippen LogP contribution in [0.4, 0.5) is 17.1 Å². The zero-order valence-electron chi connectivity index (χ0n) is 33.2. The molecule has 0 atom stereocenters. The third-order valence-electron chi connectivity index (χ3n) is 12.4. The fourth-order valence-electron chi connectivity index (χ4n) is 9.64. The molecule has 0 aliphatic heterocycles. The minimum Gasteiger partial charge on any atom is -0.310 e. The Morgan fingerprint density at radius 3 is 1.66 bits per heavy atom. The average Bonchev–Trinajstić information content (AvgIpc) is 3.75. The number of anilines is 3. The topological polar surface area (TPSA) is 8.17 Å². The van der Waals surface area contributed by atoms with Crippen molar-refractivity contribution in [1.29, 1.82) is 0 Å². The highest BCUT2D eigenvalue weighted by Gasteiger charge is 2.36. The van der Waals surface area contributed by atoms with Crippen LogP contribution in [-0.2, 0) is 5.41 Å². The Labute approximate surface area is 345 Å². The molecule has 0 saturated carbocycles. The molecule has 1 aromatic heterocycles. The zero-order valence-corrected chi connectivity index (χ0v) is 33.2. The van der Waals surface area contributed by atoms with E-state index in [1.807, 2.05) is 0 Å². The van der Waals surface area contributed by atoms with Crippen molar-refractivity contribution in [2.45, 2.75) is 19.3 Å². The van der Waals surface area contributed by atoms with Gasteiger partial charge in [0.25, 0.3) is 0 Å². The highest BCUT2D eigenvalue weighted by molar-refractivity contribution is 6.10. The van der Waals surface area contributed by atoms with Crippen LogP contribution in [0, 0.1) is 0 Å². The van der Waals surface area contributed by atoms with Gasteiger partial charge in [-0.15, -0.1) is 0 Å². The maximum absolute atomic E-state index is 2.50. The monoisotopic (exact) mass is 754 g/mol. The van der Waals surface area contributed by atoms with Gasteiger partial charge < -0.3 is 9.47 Å². The molecule has 1 aliphatic rings. The first kappa shape index (κ1) is 34.8. The molecule has 0 fully saturated rings. The van der Waals surface area contributed by atoms with Crippen molar-refractivity contribution >= 4 is 38.9 Å². The molecule has 11 rings (SSSR count). The highest BCUT2D eigenvalue weighted by atomic mass is 15.1. The summed E-state index contributed by atoms with van der Waals surface area (Å²) in [6.45, 7) is 4.73. The maximum Gasteiger partial charge on any atom is 0.0547 e. The van der Waals surface area contributed by atoms with Gasteiger partial charge in [-0.1, -0.05) is 184 Å². The molecule has 0 spiro atoms. The SMILES string of the molecule is CC1(C)c2ccccc2-c2ccc(N(c3cccc(-c4ccccc4)c3)c3cccc(-c4ccccc4)c3-c3ccccc3-n3c4ccccc4c4ccccc43)cc21. The summed E-state index contributed by atoms with van der Waals surface area (Å²) < 4.78 is 2.46. The van der Waals surface area contributed by atoms with Gasteiger partial charge in [0.2, 0.25) is 0 Å². The molecule has 0 unspecified atom stereocenters. The number of hydrogen-bond acceptors (Lipinski definition) is 1. The number of nitrogens with zero attached hydrogens (tertiary/aromatic N) is 2. The highest BCUT2D eigenvalue weighted by Crippen LogP contribution is 2.53. The van der Waals surface area contributed by atoms with E-state index in [2.05, 4.69) is 242 Å². The average molecular weight is 755 g/mol. The van der Waals surface area contributed by atoms with Gasteiger partial charge in [0.1, 0.15) is 0 Å². The number of rotatable bonds is 7. The summed E-state index contributed by atoms with van der Waals surface area (Å²) >= 11 is 0. The Balaban J connectivity index is 1.22. The van der Waals surface area contributed by atoms with E-state index in [-0.39, 0.29) is 5.41 Å². The van der Waals surface area contributed by atoms with Crippen LogP contribution in [0.15, 0.2) is 218 Å². The van der Waals surface area contributed by atoms with E-state index in [0.717, 1.165) is 28.3 Å². The minimum absolute atomic E-state index is 0.155. The van der Waals surface area contributed by atoms with E-state index >= 15 is 0 Å². The van der Waals surface area contributed by atoms with E-state index in [1.54, 1.807) is 0 Å². The molecule has 0 bridgehead atoms. The second kappa shape index (κ2) is 13.9. The molecule has 10 aromatic rings. The molecular weight excluding hydrogens is 713 g/mol. The van der Waals surface area contributed by atoms with Gasteiger partial charge >= 0.3 is 0 Å². The van der Waals surface area contributed by atoms with Crippen molar-refractivity contribution in [2.75, 3.05) is 4.90 Å². The summed E-state index contributed by atoms with van der Waals surface area (Å²) in [7, 11) is 0. The first-order chi connectivity index (χ1) is 29.1. The van der Waals surface area contributed by atoms with E-state index < -0.39 is 0 Å². The van der Waals surface area contributed by atoms with Crippen LogP contribution < -0.4 is 4.90 Å². The Morgan fingerprint density at radius 2 is 0.915 bits per heavy atom. The second-order valence-electron chi connectivity index (χ2n) is 16.1. The van der Waals surface area contributed by atoms with Gasteiger partial charge in [-0.25, -0.2) is 0 Å². The fourth-order valence-corrected chi connectivity index (χ4v) is 9.64. The molecule has 280 valence electrons. The van der Waals surface area contributed by atoms with Gasteiger partial charge in [0.15, 0.2) is 0 Å².